The van der Waals surface area contributed by atoms with Crippen LogP contribution in [0.4, 0.5) is 0 Å². The molecule has 22 heavy (non-hydrogen) atoms. The Morgan fingerprint density at radius 2 is 1.73 bits per heavy atom. The van der Waals surface area contributed by atoms with Crippen molar-refractivity contribution in [2.75, 3.05) is 14.2 Å². The summed E-state index contributed by atoms with van der Waals surface area (Å²) in [6.45, 7) is 0.183. The molecule has 0 aliphatic rings. The van der Waals surface area contributed by atoms with E-state index < -0.39 is 10.0 Å². The summed E-state index contributed by atoms with van der Waals surface area (Å²) in [4.78, 5) is 0.0953. The van der Waals surface area contributed by atoms with Crippen LogP contribution in [-0.2, 0) is 16.6 Å². The fourth-order valence-corrected chi connectivity index (χ4v) is 3.58. The quantitative estimate of drug-likeness (QED) is 0.829. The highest BCUT2D eigenvalue weighted by atomic mass is 79.9. The Kier molecular flexibility index (Phi) is 5.44. The van der Waals surface area contributed by atoms with E-state index in [2.05, 4.69) is 20.7 Å². The van der Waals surface area contributed by atoms with E-state index >= 15 is 0 Å². The van der Waals surface area contributed by atoms with E-state index in [-0.39, 0.29) is 11.4 Å². The van der Waals surface area contributed by atoms with Crippen molar-refractivity contribution in [3.05, 3.63) is 52.5 Å². The average molecular weight is 386 g/mol. The highest BCUT2D eigenvalue weighted by molar-refractivity contribution is 9.10. The molecular formula is C15H16BrNO4S. The molecular weight excluding hydrogens is 370 g/mol. The summed E-state index contributed by atoms with van der Waals surface area (Å²) in [7, 11) is -0.659. The van der Waals surface area contributed by atoms with Crippen LogP contribution in [-0.4, -0.2) is 22.6 Å². The van der Waals surface area contributed by atoms with Gasteiger partial charge >= 0.3 is 0 Å². The lowest BCUT2D eigenvalue weighted by atomic mass is 10.2. The van der Waals surface area contributed by atoms with Crippen molar-refractivity contribution >= 4 is 26.0 Å². The summed E-state index contributed by atoms with van der Waals surface area (Å²) in [6.07, 6.45) is 0. The third-order valence-corrected chi connectivity index (χ3v) is 4.96. The predicted octanol–water partition coefficient (Wildman–Crippen LogP) is 2.94. The molecule has 0 saturated heterocycles. The minimum Gasteiger partial charge on any atom is -0.497 e. The minimum absolute atomic E-state index is 0.0953. The number of sulfonamides is 1. The van der Waals surface area contributed by atoms with Crippen LogP contribution in [0.3, 0.4) is 0 Å². The first kappa shape index (κ1) is 16.8. The Bertz CT molecular complexity index is 745. The van der Waals surface area contributed by atoms with Crippen LogP contribution in [0.15, 0.2) is 51.8 Å². The molecule has 0 saturated carbocycles. The van der Waals surface area contributed by atoms with Crippen molar-refractivity contribution in [2.45, 2.75) is 11.4 Å². The third kappa shape index (κ3) is 4.00. The maximum atomic E-state index is 12.4. The smallest absolute Gasteiger partial charge is 0.244 e. The number of hydrogen-bond donors (Lipinski definition) is 1. The molecule has 0 amide bonds. The zero-order chi connectivity index (χ0) is 16.2. The Morgan fingerprint density at radius 1 is 1.05 bits per heavy atom. The third-order valence-electron chi connectivity index (χ3n) is 3.04. The van der Waals surface area contributed by atoms with Crippen molar-refractivity contribution in [1.29, 1.82) is 0 Å². The number of ether oxygens (including phenoxy) is 2. The number of nitrogens with one attached hydrogen (secondary N) is 1. The van der Waals surface area contributed by atoms with Crippen LogP contribution in [0.1, 0.15) is 5.56 Å². The molecule has 0 aromatic heterocycles. The Morgan fingerprint density at radius 3 is 2.32 bits per heavy atom. The number of methoxy groups -OCH3 is 2. The van der Waals surface area contributed by atoms with E-state index in [0.717, 1.165) is 11.3 Å². The van der Waals surface area contributed by atoms with Gasteiger partial charge in [-0.2, -0.15) is 0 Å². The Labute approximate surface area is 138 Å². The number of halogens is 1. The highest BCUT2D eigenvalue weighted by Gasteiger charge is 2.19. The molecule has 0 unspecified atom stereocenters. The highest BCUT2D eigenvalue weighted by Crippen LogP contribution is 2.27. The largest absolute Gasteiger partial charge is 0.497 e. The van der Waals surface area contributed by atoms with Gasteiger partial charge in [-0.25, -0.2) is 13.1 Å². The molecule has 2 rings (SSSR count). The first-order valence-corrected chi connectivity index (χ1v) is 8.70. The van der Waals surface area contributed by atoms with Gasteiger partial charge in [0.15, 0.2) is 0 Å². The molecule has 0 fully saturated rings. The SMILES string of the molecule is COc1ccc(CNS(=O)(=O)c2cc(Br)ccc2OC)cc1. The molecule has 5 nitrogen and oxygen atoms in total. The van der Waals surface area contributed by atoms with Gasteiger partial charge in [-0.3, -0.25) is 0 Å². The Balaban J connectivity index is 2.18. The first-order chi connectivity index (χ1) is 10.5. The molecule has 2 aromatic carbocycles. The van der Waals surface area contributed by atoms with Gasteiger partial charge in [-0.05, 0) is 35.9 Å². The number of hydrogen-bond acceptors (Lipinski definition) is 4. The van der Waals surface area contributed by atoms with Gasteiger partial charge in [0.2, 0.25) is 10.0 Å². The van der Waals surface area contributed by atoms with Gasteiger partial charge in [0, 0.05) is 11.0 Å². The molecule has 0 heterocycles. The van der Waals surface area contributed by atoms with E-state index in [1.54, 1.807) is 43.5 Å². The lowest BCUT2D eigenvalue weighted by Gasteiger charge is -2.11. The summed E-state index contributed by atoms with van der Waals surface area (Å²) in [6, 6.07) is 12.0. The molecule has 0 radical (unpaired) electrons. The molecule has 7 heteroatoms. The standard InChI is InChI=1S/C15H16BrNO4S/c1-20-13-6-3-11(4-7-13)10-17-22(18,19)15-9-12(16)5-8-14(15)21-2/h3-9,17H,10H2,1-2H3. The van der Waals surface area contributed by atoms with E-state index in [4.69, 9.17) is 9.47 Å². The van der Waals surface area contributed by atoms with E-state index in [9.17, 15) is 8.42 Å². The van der Waals surface area contributed by atoms with Crippen LogP contribution >= 0.6 is 15.9 Å². The van der Waals surface area contributed by atoms with Crippen molar-refractivity contribution in [1.82, 2.24) is 4.72 Å². The summed E-state index contributed by atoms with van der Waals surface area (Å²) >= 11 is 3.27. The maximum absolute atomic E-state index is 12.4. The van der Waals surface area contributed by atoms with Gasteiger partial charge in [-0.1, -0.05) is 28.1 Å². The average Bonchev–Trinajstić information content (AvgIpc) is 2.53. The van der Waals surface area contributed by atoms with Crippen molar-refractivity contribution in [3.63, 3.8) is 0 Å². The molecule has 2 aromatic rings. The molecule has 118 valence electrons. The summed E-state index contributed by atoms with van der Waals surface area (Å²) < 4.78 is 38.3. The fraction of sp³-hybridized carbons (Fsp3) is 0.200. The van der Waals surface area contributed by atoms with E-state index in [1.807, 2.05) is 0 Å². The van der Waals surface area contributed by atoms with E-state index in [0.29, 0.717) is 10.2 Å². The summed E-state index contributed by atoms with van der Waals surface area (Å²) in [5, 5.41) is 0. The predicted molar refractivity (Wildman–Crippen MR) is 87.7 cm³/mol. The zero-order valence-electron chi connectivity index (χ0n) is 12.2. The molecule has 0 atom stereocenters. The topological polar surface area (TPSA) is 64.6 Å². The second kappa shape index (κ2) is 7.13. The van der Waals surface area contributed by atoms with Crippen LogP contribution in [0.25, 0.3) is 0 Å². The lowest BCUT2D eigenvalue weighted by Crippen LogP contribution is -2.23. The van der Waals surface area contributed by atoms with Gasteiger partial charge in [-0.15, -0.1) is 0 Å². The number of rotatable bonds is 6. The molecule has 0 aliphatic heterocycles. The van der Waals surface area contributed by atoms with Crippen molar-refractivity contribution < 1.29 is 17.9 Å². The zero-order valence-corrected chi connectivity index (χ0v) is 14.6. The first-order valence-electron chi connectivity index (χ1n) is 6.42. The van der Waals surface area contributed by atoms with Gasteiger partial charge in [0.25, 0.3) is 0 Å². The normalized spacial score (nSPS) is 11.2. The summed E-state index contributed by atoms with van der Waals surface area (Å²) in [5.74, 6) is 1.02. The molecule has 0 bridgehead atoms. The van der Waals surface area contributed by atoms with Gasteiger partial charge in [0.05, 0.1) is 14.2 Å². The number of benzene rings is 2. The minimum atomic E-state index is -3.68. The van der Waals surface area contributed by atoms with Crippen LogP contribution in [0, 0.1) is 0 Å². The van der Waals surface area contributed by atoms with Gasteiger partial charge in [0.1, 0.15) is 16.4 Å². The second-order valence-corrected chi connectivity index (χ2v) is 7.12. The van der Waals surface area contributed by atoms with Crippen molar-refractivity contribution in [2.24, 2.45) is 0 Å². The summed E-state index contributed by atoms with van der Waals surface area (Å²) in [5.41, 5.74) is 0.832. The van der Waals surface area contributed by atoms with E-state index in [1.165, 1.54) is 13.2 Å². The van der Waals surface area contributed by atoms with Crippen LogP contribution in [0.5, 0.6) is 11.5 Å². The van der Waals surface area contributed by atoms with Crippen LogP contribution < -0.4 is 14.2 Å². The molecule has 0 spiro atoms. The fourth-order valence-electron chi connectivity index (χ4n) is 1.86. The van der Waals surface area contributed by atoms with Gasteiger partial charge < -0.3 is 9.47 Å². The van der Waals surface area contributed by atoms with Crippen molar-refractivity contribution in [3.8, 4) is 11.5 Å². The Hall–Kier alpha value is -1.57. The maximum Gasteiger partial charge on any atom is 0.244 e. The molecule has 1 N–H and O–H groups in total. The second-order valence-electron chi connectivity index (χ2n) is 4.47. The monoisotopic (exact) mass is 385 g/mol. The lowest BCUT2D eigenvalue weighted by molar-refractivity contribution is 0.402. The van der Waals surface area contributed by atoms with Crippen LogP contribution in [0.2, 0.25) is 0 Å². The molecule has 0 aliphatic carbocycles.